The summed E-state index contributed by atoms with van der Waals surface area (Å²) in [6.45, 7) is 4.88. The number of aromatic nitrogens is 2. The number of hydrogen-bond acceptors (Lipinski definition) is 5. The Hall–Kier alpha value is -2.78. The lowest BCUT2D eigenvalue weighted by Crippen LogP contribution is -2.54. The van der Waals surface area contributed by atoms with Crippen molar-refractivity contribution in [2.75, 3.05) is 44.7 Å². The molecule has 2 aliphatic heterocycles. The fraction of sp³-hybridized carbons (Fsp3) is 0.500. The number of ether oxygens (including phenoxy) is 1. The van der Waals surface area contributed by atoms with Crippen LogP contribution in [0.3, 0.4) is 0 Å². The number of hydrogen-bond donors (Lipinski definition) is 1. The second-order valence-corrected chi connectivity index (χ2v) is 8.00. The summed E-state index contributed by atoms with van der Waals surface area (Å²) < 4.78 is 21.0. The van der Waals surface area contributed by atoms with E-state index in [0.29, 0.717) is 44.4 Å². The first-order chi connectivity index (χ1) is 15.0. The van der Waals surface area contributed by atoms with E-state index in [2.05, 4.69) is 10.4 Å². The molecule has 1 atom stereocenters. The van der Waals surface area contributed by atoms with Gasteiger partial charge in [-0.2, -0.15) is 5.10 Å². The molecule has 31 heavy (non-hydrogen) atoms. The van der Waals surface area contributed by atoms with E-state index in [1.807, 2.05) is 9.80 Å². The highest BCUT2D eigenvalue weighted by molar-refractivity contribution is 5.92. The van der Waals surface area contributed by atoms with Gasteiger partial charge in [-0.05, 0) is 38.4 Å². The van der Waals surface area contributed by atoms with Crippen molar-refractivity contribution in [3.05, 3.63) is 41.8 Å². The van der Waals surface area contributed by atoms with E-state index in [0.717, 1.165) is 19.3 Å². The van der Waals surface area contributed by atoms with Crippen LogP contribution in [0, 0.1) is 12.7 Å². The lowest BCUT2D eigenvalue weighted by atomic mass is 10.0. The molecule has 0 saturated carbocycles. The van der Waals surface area contributed by atoms with Crippen molar-refractivity contribution in [2.24, 2.45) is 0 Å². The minimum Gasteiger partial charge on any atom is -0.378 e. The number of piperidine rings is 1. The molecular weight excluding hydrogens is 401 g/mol. The standard InChI is InChI=1S/C22H28FN5O3/c1-16-14-20(28(25-16)18-7-3-2-6-17(18)23)24-21(29)15-27-9-5-4-8-19(27)22(30)26-10-12-31-13-11-26/h2-3,6-7,14,19H,4-5,8-13,15H2,1H3,(H,24,29). The Bertz CT molecular complexity index is 941. The van der Waals surface area contributed by atoms with Crippen molar-refractivity contribution in [3.63, 3.8) is 0 Å². The van der Waals surface area contributed by atoms with Crippen LogP contribution in [-0.2, 0) is 14.3 Å². The summed E-state index contributed by atoms with van der Waals surface area (Å²) in [6, 6.07) is 7.70. The number of morpholine rings is 1. The highest BCUT2D eigenvalue weighted by Crippen LogP contribution is 2.22. The molecule has 1 aromatic carbocycles. The molecule has 1 N–H and O–H groups in total. The minimum atomic E-state index is -0.423. The first-order valence-corrected chi connectivity index (χ1v) is 10.7. The van der Waals surface area contributed by atoms with Crippen molar-refractivity contribution in [2.45, 2.75) is 32.2 Å². The van der Waals surface area contributed by atoms with Gasteiger partial charge in [0, 0.05) is 19.2 Å². The maximum absolute atomic E-state index is 14.3. The molecule has 2 aliphatic rings. The molecule has 9 heteroatoms. The topological polar surface area (TPSA) is 79.7 Å². The summed E-state index contributed by atoms with van der Waals surface area (Å²) in [4.78, 5) is 29.7. The third kappa shape index (κ3) is 4.94. The van der Waals surface area contributed by atoms with Crippen LogP contribution in [-0.4, -0.2) is 76.8 Å². The van der Waals surface area contributed by atoms with Crippen LogP contribution in [0.4, 0.5) is 10.2 Å². The van der Waals surface area contributed by atoms with E-state index >= 15 is 0 Å². The predicted molar refractivity (Wildman–Crippen MR) is 113 cm³/mol. The van der Waals surface area contributed by atoms with Gasteiger partial charge in [-0.3, -0.25) is 14.5 Å². The maximum atomic E-state index is 14.3. The third-order valence-electron chi connectivity index (χ3n) is 5.75. The molecule has 2 aromatic rings. The van der Waals surface area contributed by atoms with Crippen LogP contribution in [0.1, 0.15) is 25.0 Å². The third-order valence-corrected chi connectivity index (χ3v) is 5.75. The number of carbonyl (C=O) groups excluding carboxylic acids is 2. The Kier molecular flexibility index (Phi) is 6.62. The van der Waals surface area contributed by atoms with Gasteiger partial charge in [0.05, 0.1) is 31.5 Å². The van der Waals surface area contributed by atoms with Crippen LogP contribution >= 0.6 is 0 Å². The predicted octanol–water partition coefficient (Wildman–Crippen LogP) is 1.97. The zero-order valence-corrected chi connectivity index (χ0v) is 17.7. The lowest BCUT2D eigenvalue weighted by Gasteiger charge is -2.38. The van der Waals surface area contributed by atoms with Gasteiger partial charge in [-0.25, -0.2) is 9.07 Å². The lowest BCUT2D eigenvalue weighted by molar-refractivity contribution is -0.142. The largest absolute Gasteiger partial charge is 0.378 e. The summed E-state index contributed by atoms with van der Waals surface area (Å²) in [5, 5.41) is 7.17. The molecule has 1 unspecified atom stereocenters. The van der Waals surface area contributed by atoms with E-state index < -0.39 is 5.82 Å². The summed E-state index contributed by atoms with van der Waals surface area (Å²) >= 11 is 0. The molecule has 2 saturated heterocycles. The molecule has 1 aromatic heterocycles. The van der Waals surface area contributed by atoms with Crippen LogP contribution in [0.2, 0.25) is 0 Å². The average molecular weight is 429 g/mol. The number of halogens is 1. The van der Waals surface area contributed by atoms with Gasteiger partial charge < -0.3 is 15.0 Å². The molecule has 0 bridgehead atoms. The zero-order chi connectivity index (χ0) is 21.8. The van der Waals surface area contributed by atoms with Gasteiger partial charge in [0.1, 0.15) is 17.3 Å². The van der Waals surface area contributed by atoms with Crippen molar-refractivity contribution in [3.8, 4) is 5.69 Å². The summed E-state index contributed by atoms with van der Waals surface area (Å²) in [5.74, 6) is -0.198. The van der Waals surface area contributed by atoms with Crippen molar-refractivity contribution >= 4 is 17.6 Å². The van der Waals surface area contributed by atoms with Crippen LogP contribution < -0.4 is 5.32 Å². The number of aryl methyl sites for hydroxylation is 1. The fourth-order valence-corrected chi connectivity index (χ4v) is 4.22. The quantitative estimate of drug-likeness (QED) is 0.786. The smallest absolute Gasteiger partial charge is 0.240 e. The monoisotopic (exact) mass is 429 g/mol. The van der Waals surface area contributed by atoms with Gasteiger partial charge in [0.15, 0.2) is 0 Å². The highest BCUT2D eigenvalue weighted by Gasteiger charge is 2.33. The highest BCUT2D eigenvalue weighted by atomic mass is 19.1. The molecule has 2 amide bonds. The van der Waals surface area contributed by atoms with E-state index in [1.54, 1.807) is 31.2 Å². The molecule has 0 spiro atoms. The second kappa shape index (κ2) is 9.57. The van der Waals surface area contributed by atoms with Crippen molar-refractivity contribution in [1.82, 2.24) is 19.6 Å². The summed E-state index contributed by atoms with van der Waals surface area (Å²) in [5.41, 5.74) is 0.932. The van der Waals surface area contributed by atoms with E-state index in [9.17, 15) is 14.0 Å². The molecule has 2 fully saturated rings. The molecule has 3 heterocycles. The Labute approximate surface area is 180 Å². The number of carbonyl (C=O) groups is 2. The molecule has 0 aliphatic carbocycles. The number of nitrogens with one attached hydrogen (secondary N) is 1. The van der Waals surface area contributed by atoms with Gasteiger partial charge >= 0.3 is 0 Å². The number of rotatable bonds is 5. The first-order valence-electron chi connectivity index (χ1n) is 10.7. The summed E-state index contributed by atoms with van der Waals surface area (Å²) in [6.07, 6.45) is 2.67. The van der Waals surface area contributed by atoms with Crippen molar-refractivity contribution in [1.29, 1.82) is 0 Å². The zero-order valence-electron chi connectivity index (χ0n) is 17.7. The number of anilines is 1. The molecular formula is C22H28FN5O3. The van der Waals surface area contributed by atoms with E-state index in [4.69, 9.17) is 4.74 Å². The first kappa shape index (κ1) is 21.5. The average Bonchev–Trinajstić information content (AvgIpc) is 3.14. The molecule has 4 rings (SSSR count). The van der Waals surface area contributed by atoms with Gasteiger partial charge in [0.25, 0.3) is 0 Å². The number of nitrogens with zero attached hydrogens (tertiary/aromatic N) is 4. The number of amides is 2. The second-order valence-electron chi connectivity index (χ2n) is 8.00. The Morgan fingerprint density at radius 3 is 2.74 bits per heavy atom. The molecule has 0 radical (unpaired) electrons. The van der Waals surface area contributed by atoms with E-state index in [-0.39, 0.29) is 30.1 Å². The van der Waals surface area contributed by atoms with Crippen LogP contribution in [0.15, 0.2) is 30.3 Å². The van der Waals surface area contributed by atoms with Gasteiger partial charge in [-0.15, -0.1) is 0 Å². The molecule has 166 valence electrons. The number of benzene rings is 1. The van der Waals surface area contributed by atoms with Crippen LogP contribution in [0.25, 0.3) is 5.69 Å². The Morgan fingerprint density at radius 2 is 1.97 bits per heavy atom. The Balaban J connectivity index is 1.45. The summed E-state index contributed by atoms with van der Waals surface area (Å²) in [7, 11) is 0. The van der Waals surface area contributed by atoms with E-state index in [1.165, 1.54) is 10.7 Å². The number of likely N-dealkylation sites (tertiary alicyclic amines) is 1. The molecule has 8 nitrogen and oxygen atoms in total. The van der Waals surface area contributed by atoms with Crippen molar-refractivity contribution < 1.29 is 18.7 Å². The SMILES string of the molecule is Cc1cc(NC(=O)CN2CCCCC2C(=O)N2CCOCC2)n(-c2ccccc2F)n1. The van der Waals surface area contributed by atoms with Gasteiger partial charge in [0.2, 0.25) is 11.8 Å². The Morgan fingerprint density at radius 1 is 1.19 bits per heavy atom. The normalized spacial score (nSPS) is 19.9. The number of para-hydroxylation sites is 1. The van der Waals surface area contributed by atoms with Crippen LogP contribution in [0.5, 0.6) is 0 Å². The maximum Gasteiger partial charge on any atom is 0.240 e. The van der Waals surface area contributed by atoms with Gasteiger partial charge in [-0.1, -0.05) is 18.6 Å². The minimum absolute atomic E-state index is 0.0723. The fourth-order valence-electron chi connectivity index (χ4n) is 4.22.